The predicted octanol–water partition coefficient (Wildman–Crippen LogP) is 0.724. The van der Waals surface area contributed by atoms with Gasteiger partial charge in [-0.1, -0.05) is 30.3 Å². The van der Waals surface area contributed by atoms with E-state index < -0.39 is 6.10 Å². The van der Waals surface area contributed by atoms with Gasteiger partial charge in [-0.2, -0.15) is 0 Å². The number of likely N-dealkylation sites (N-methyl/N-ethyl adjacent to an activating group) is 1. The smallest absolute Gasteiger partial charge is 0.137 e. The van der Waals surface area contributed by atoms with Gasteiger partial charge in [0.25, 0.3) is 0 Å². The lowest BCUT2D eigenvalue weighted by Gasteiger charge is -2.14. The van der Waals surface area contributed by atoms with E-state index in [1.165, 1.54) is 10.3 Å². The van der Waals surface area contributed by atoms with Crippen LogP contribution in [-0.2, 0) is 0 Å². The Hall–Kier alpha value is -1.58. The fraction of sp³-hybridized carbons (Fsp3) is 0.333. The molecule has 96 valence electrons. The first kappa shape index (κ1) is 12.9. The maximum absolute atomic E-state index is 9.75. The summed E-state index contributed by atoms with van der Waals surface area (Å²) in [4.78, 5) is 1.21. The second-order valence-electron chi connectivity index (χ2n) is 4.89. The molecule has 0 aliphatic heterocycles. The van der Waals surface area contributed by atoms with Gasteiger partial charge in [0.05, 0.1) is 14.1 Å². The highest BCUT2D eigenvalue weighted by atomic mass is 16.5. The normalized spacial score (nSPS) is 12.9. The molecule has 0 aromatic heterocycles. The fourth-order valence-corrected chi connectivity index (χ4v) is 1.98. The van der Waals surface area contributed by atoms with Crippen LogP contribution in [0.2, 0.25) is 0 Å². The summed E-state index contributed by atoms with van der Waals surface area (Å²) in [5.41, 5.74) is 0. The van der Waals surface area contributed by atoms with E-state index in [4.69, 9.17) is 4.74 Å². The van der Waals surface area contributed by atoms with Crippen molar-refractivity contribution >= 4 is 10.8 Å². The number of nitrogens with one attached hydrogen (secondary N) is 1. The van der Waals surface area contributed by atoms with Crippen LogP contribution in [-0.4, -0.2) is 38.5 Å². The van der Waals surface area contributed by atoms with Crippen LogP contribution in [0.5, 0.6) is 5.75 Å². The maximum atomic E-state index is 9.75. The summed E-state index contributed by atoms with van der Waals surface area (Å²) in [7, 11) is 4.03. The third-order valence-electron chi connectivity index (χ3n) is 2.81. The van der Waals surface area contributed by atoms with Crippen molar-refractivity contribution in [2.24, 2.45) is 0 Å². The molecule has 0 bridgehead atoms. The molecular weight excluding hydrogens is 226 g/mol. The molecule has 2 aromatic carbocycles. The Labute approximate surface area is 108 Å². The number of ether oxygens (including phenoxy) is 1. The van der Waals surface area contributed by atoms with E-state index in [2.05, 4.69) is 12.1 Å². The Morgan fingerprint density at radius 2 is 1.83 bits per heavy atom. The topological polar surface area (TPSA) is 33.9 Å². The zero-order chi connectivity index (χ0) is 13.0. The lowest BCUT2D eigenvalue weighted by Crippen LogP contribution is -3.07. The molecule has 2 N–H and O–H groups in total. The van der Waals surface area contributed by atoms with Gasteiger partial charge in [0.1, 0.15) is 25.0 Å². The van der Waals surface area contributed by atoms with Gasteiger partial charge in [-0.05, 0) is 22.9 Å². The van der Waals surface area contributed by atoms with Crippen molar-refractivity contribution in [1.29, 1.82) is 0 Å². The molecule has 0 spiro atoms. The van der Waals surface area contributed by atoms with Crippen molar-refractivity contribution in [3.05, 3.63) is 42.5 Å². The highest BCUT2D eigenvalue weighted by Gasteiger charge is 2.09. The average molecular weight is 246 g/mol. The molecule has 0 saturated heterocycles. The monoisotopic (exact) mass is 246 g/mol. The molecule has 18 heavy (non-hydrogen) atoms. The Balaban J connectivity index is 1.99. The van der Waals surface area contributed by atoms with Crippen LogP contribution >= 0.6 is 0 Å². The summed E-state index contributed by atoms with van der Waals surface area (Å²) < 4.78 is 5.61. The van der Waals surface area contributed by atoms with Crippen LogP contribution in [0.25, 0.3) is 10.8 Å². The molecule has 0 radical (unpaired) electrons. The third kappa shape index (κ3) is 3.45. The zero-order valence-electron chi connectivity index (χ0n) is 10.9. The molecular formula is C15H20NO2+. The minimum atomic E-state index is -0.429. The van der Waals surface area contributed by atoms with Crippen LogP contribution in [0.15, 0.2) is 42.5 Å². The van der Waals surface area contributed by atoms with Gasteiger partial charge >= 0.3 is 0 Å². The highest BCUT2D eigenvalue weighted by Crippen LogP contribution is 2.20. The van der Waals surface area contributed by atoms with Crippen LogP contribution < -0.4 is 9.64 Å². The zero-order valence-corrected chi connectivity index (χ0v) is 10.9. The number of quaternary nitrogens is 1. The second kappa shape index (κ2) is 5.85. The van der Waals surface area contributed by atoms with Gasteiger partial charge in [0.15, 0.2) is 0 Å². The number of benzene rings is 2. The number of fused-ring (bicyclic) bond motifs is 1. The SMILES string of the molecule is C[NH+](C)C[C@@H](O)COc1ccc2ccccc2c1. The number of aliphatic hydroxyl groups excluding tert-OH is 1. The van der Waals surface area contributed by atoms with E-state index in [9.17, 15) is 5.11 Å². The Bertz CT molecular complexity index is 511. The molecule has 0 aliphatic carbocycles. The minimum Gasteiger partial charge on any atom is -0.491 e. The molecule has 2 aromatic rings. The standard InChI is InChI=1S/C15H19NO2/c1-16(2)10-14(17)11-18-15-8-7-12-5-3-4-6-13(12)9-15/h3-9,14,17H,10-11H2,1-2H3/p+1/t14-/m1/s1. The fourth-order valence-electron chi connectivity index (χ4n) is 1.98. The van der Waals surface area contributed by atoms with Gasteiger partial charge < -0.3 is 14.7 Å². The van der Waals surface area contributed by atoms with Crippen molar-refractivity contribution in [2.75, 3.05) is 27.2 Å². The molecule has 0 saturated carbocycles. The molecule has 0 aliphatic rings. The van der Waals surface area contributed by atoms with Gasteiger partial charge in [-0.25, -0.2) is 0 Å². The minimum absolute atomic E-state index is 0.337. The molecule has 0 fully saturated rings. The average Bonchev–Trinajstić information content (AvgIpc) is 2.35. The number of rotatable bonds is 5. The van der Waals surface area contributed by atoms with E-state index in [-0.39, 0.29) is 0 Å². The van der Waals surface area contributed by atoms with Crippen LogP contribution in [0.3, 0.4) is 0 Å². The quantitative estimate of drug-likeness (QED) is 0.815. The van der Waals surface area contributed by atoms with Gasteiger partial charge in [0, 0.05) is 0 Å². The lowest BCUT2D eigenvalue weighted by atomic mass is 10.1. The lowest BCUT2D eigenvalue weighted by molar-refractivity contribution is -0.861. The van der Waals surface area contributed by atoms with Gasteiger partial charge in [-0.15, -0.1) is 0 Å². The van der Waals surface area contributed by atoms with Crippen molar-refractivity contribution in [2.45, 2.75) is 6.10 Å². The summed E-state index contributed by atoms with van der Waals surface area (Å²) in [6.07, 6.45) is -0.429. The van der Waals surface area contributed by atoms with Crippen molar-refractivity contribution in [1.82, 2.24) is 0 Å². The summed E-state index contributed by atoms with van der Waals surface area (Å²) >= 11 is 0. The van der Waals surface area contributed by atoms with E-state index in [1.807, 2.05) is 44.4 Å². The maximum Gasteiger partial charge on any atom is 0.137 e. The number of hydrogen-bond donors (Lipinski definition) is 2. The first-order chi connectivity index (χ1) is 8.65. The van der Waals surface area contributed by atoms with Crippen molar-refractivity contribution < 1.29 is 14.7 Å². The van der Waals surface area contributed by atoms with Crippen LogP contribution in [0.4, 0.5) is 0 Å². The Morgan fingerprint density at radius 1 is 1.11 bits per heavy atom. The van der Waals surface area contributed by atoms with E-state index >= 15 is 0 Å². The number of aliphatic hydroxyl groups is 1. The van der Waals surface area contributed by atoms with Crippen molar-refractivity contribution in [3.8, 4) is 5.75 Å². The first-order valence-corrected chi connectivity index (χ1v) is 6.24. The molecule has 2 rings (SSSR count). The van der Waals surface area contributed by atoms with Crippen LogP contribution in [0.1, 0.15) is 0 Å². The summed E-state index contributed by atoms with van der Waals surface area (Å²) in [6.45, 7) is 1.02. The summed E-state index contributed by atoms with van der Waals surface area (Å²) in [6, 6.07) is 14.1. The van der Waals surface area contributed by atoms with Crippen LogP contribution in [0, 0.1) is 0 Å². The number of hydrogen-bond acceptors (Lipinski definition) is 2. The first-order valence-electron chi connectivity index (χ1n) is 6.24. The molecule has 3 heteroatoms. The van der Waals surface area contributed by atoms with E-state index in [0.29, 0.717) is 13.2 Å². The molecule has 0 heterocycles. The molecule has 3 nitrogen and oxygen atoms in total. The highest BCUT2D eigenvalue weighted by molar-refractivity contribution is 5.83. The largest absolute Gasteiger partial charge is 0.491 e. The van der Waals surface area contributed by atoms with Gasteiger partial charge in [0.2, 0.25) is 0 Å². The van der Waals surface area contributed by atoms with Crippen molar-refractivity contribution in [3.63, 3.8) is 0 Å². The summed E-state index contributed by atoms with van der Waals surface area (Å²) in [5, 5.41) is 12.1. The van der Waals surface area contributed by atoms with E-state index in [0.717, 1.165) is 11.1 Å². The van der Waals surface area contributed by atoms with Gasteiger partial charge in [-0.3, -0.25) is 0 Å². The molecule has 0 unspecified atom stereocenters. The Morgan fingerprint density at radius 3 is 2.56 bits per heavy atom. The second-order valence-corrected chi connectivity index (χ2v) is 4.89. The van der Waals surface area contributed by atoms with E-state index in [1.54, 1.807) is 0 Å². The molecule has 1 atom stereocenters. The Kier molecular flexibility index (Phi) is 4.18. The predicted molar refractivity (Wildman–Crippen MR) is 73.1 cm³/mol. The molecule has 0 amide bonds. The summed E-state index contributed by atoms with van der Waals surface area (Å²) in [5.74, 6) is 0.807. The third-order valence-corrected chi connectivity index (χ3v) is 2.81.